The topological polar surface area (TPSA) is 57.6 Å². The highest BCUT2D eigenvalue weighted by Crippen LogP contribution is 2.38. The Morgan fingerprint density at radius 1 is 1.00 bits per heavy atom. The maximum Gasteiger partial charge on any atom is 0.173 e. The zero-order valence-electron chi connectivity index (χ0n) is 14.4. The molecular weight excluding hydrogens is 348 g/mol. The summed E-state index contributed by atoms with van der Waals surface area (Å²) in [6.07, 6.45) is 0. The first-order valence-corrected chi connectivity index (χ1v) is 8.63. The average molecular weight is 367 g/mol. The van der Waals surface area contributed by atoms with Crippen LogP contribution in [0.2, 0.25) is 5.15 Å². The van der Waals surface area contributed by atoms with Crippen molar-refractivity contribution in [3.63, 3.8) is 0 Å². The summed E-state index contributed by atoms with van der Waals surface area (Å²) < 4.78 is 0. The van der Waals surface area contributed by atoms with E-state index in [4.69, 9.17) is 11.6 Å². The van der Waals surface area contributed by atoms with Crippen LogP contribution in [0.3, 0.4) is 0 Å². The second-order valence-corrected chi connectivity index (χ2v) is 6.22. The van der Waals surface area contributed by atoms with Gasteiger partial charge >= 0.3 is 0 Å². The van der Waals surface area contributed by atoms with Crippen LogP contribution in [0.25, 0.3) is 0 Å². The van der Waals surface area contributed by atoms with Gasteiger partial charge in [-0.2, -0.15) is 0 Å². The van der Waals surface area contributed by atoms with Gasteiger partial charge in [-0.3, -0.25) is 0 Å². The lowest BCUT2D eigenvalue weighted by Gasteiger charge is -2.26. The SMILES string of the molecule is CNc1nc(Cl)cc(N(Cc2ccccc2)Cc2ccccc2)c1N=O. The molecule has 6 heteroatoms. The smallest absolute Gasteiger partial charge is 0.173 e. The number of anilines is 2. The number of aromatic nitrogens is 1. The van der Waals surface area contributed by atoms with Crippen molar-refractivity contribution >= 4 is 28.8 Å². The van der Waals surface area contributed by atoms with Crippen LogP contribution in [0.5, 0.6) is 0 Å². The Bertz CT molecular complexity index is 830. The summed E-state index contributed by atoms with van der Waals surface area (Å²) in [4.78, 5) is 17.8. The van der Waals surface area contributed by atoms with E-state index in [9.17, 15) is 4.91 Å². The molecule has 132 valence electrons. The maximum absolute atomic E-state index is 11.5. The number of rotatable bonds is 7. The molecule has 5 nitrogen and oxygen atoms in total. The Kier molecular flexibility index (Phi) is 5.81. The molecule has 1 aromatic heterocycles. The molecule has 3 aromatic rings. The predicted molar refractivity (Wildman–Crippen MR) is 107 cm³/mol. The van der Waals surface area contributed by atoms with E-state index in [0.717, 1.165) is 11.1 Å². The average Bonchev–Trinajstić information content (AvgIpc) is 2.68. The van der Waals surface area contributed by atoms with Gasteiger partial charge in [-0.25, -0.2) is 4.98 Å². The Labute approximate surface area is 157 Å². The molecule has 0 aliphatic heterocycles. The second kappa shape index (κ2) is 8.45. The van der Waals surface area contributed by atoms with Crippen LogP contribution in [-0.4, -0.2) is 12.0 Å². The first-order valence-electron chi connectivity index (χ1n) is 8.25. The number of nitrogens with zero attached hydrogens (tertiary/aromatic N) is 3. The van der Waals surface area contributed by atoms with Gasteiger partial charge in [-0.1, -0.05) is 72.3 Å². The van der Waals surface area contributed by atoms with E-state index in [1.807, 2.05) is 60.7 Å². The van der Waals surface area contributed by atoms with Crippen molar-refractivity contribution in [1.29, 1.82) is 0 Å². The van der Waals surface area contributed by atoms with Gasteiger partial charge < -0.3 is 10.2 Å². The van der Waals surface area contributed by atoms with Crippen LogP contribution in [0.4, 0.5) is 17.2 Å². The minimum atomic E-state index is 0.253. The summed E-state index contributed by atoms with van der Waals surface area (Å²) in [7, 11) is 1.69. The molecule has 26 heavy (non-hydrogen) atoms. The summed E-state index contributed by atoms with van der Waals surface area (Å²) in [6.45, 7) is 1.23. The zero-order chi connectivity index (χ0) is 18.4. The van der Waals surface area contributed by atoms with Gasteiger partial charge in [0.05, 0.1) is 5.69 Å². The van der Waals surface area contributed by atoms with Crippen LogP contribution in [0.15, 0.2) is 71.9 Å². The molecule has 0 bridgehead atoms. The van der Waals surface area contributed by atoms with E-state index >= 15 is 0 Å². The third-order valence-electron chi connectivity index (χ3n) is 4.04. The van der Waals surface area contributed by atoms with Crippen molar-refractivity contribution in [3.05, 3.63) is 87.9 Å². The molecule has 0 atom stereocenters. The van der Waals surface area contributed by atoms with Gasteiger partial charge in [0, 0.05) is 26.2 Å². The fourth-order valence-electron chi connectivity index (χ4n) is 2.83. The summed E-state index contributed by atoms with van der Waals surface area (Å²) in [5.74, 6) is 0.369. The van der Waals surface area contributed by atoms with E-state index in [1.54, 1.807) is 13.1 Å². The molecule has 0 aliphatic rings. The van der Waals surface area contributed by atoms with Gasteiger partial charge in [-0.15, -0.1) is 4.91 Å². The quantitative estimate of drug-likeness (QED) is 0.450. The highest BCUT2D eigenvalue weighted by atomic mass is 35.5. The van der Waals surface area contributed by atoms with Crippen molar-refractivity contribution in [3.8, 4) is 0 Å². The minimum Gasteiger partial charge on any atom is -0.371 e. The van der Waals surface area contributed by atoms with Crippen LogP contribution < -0.4 is 10.2 Å². The first kappa shape index (κ1) is 17.9. The number of nitrogens with one attached hydrogen (secondary N) is 1. The van der Waals surface area contributed by atoms with Crippen LogP contribution in [0.1, 0.15) is 11.1 Å². The summed E-state index contributed by atoms with van der Waals surface area (Å²) in [6, 6.07) is 21.8. The number of hydrogen-bond acceptors (Lipinski definition) is 5. The predicted octanol–water partition coefficient (Wildman–Crippen LogP) is 5.38. The molecule has 0 amide bonds. The Hall–Kier alpha value is -2.92. The standard InChI is InChI=1S/C20H19ClN4O/c1-22-20-19(24-26)17(12-18(21)23-20)25(13-15-8-4-2-5-9-15)14-16-10-6-3-7-11-16/h2-12H,13-14H2,1H3,(H,22,23). The molecule has 2 aromatic carbocycles. The second-order valence-electron chi connectivity index (χ2n) is 5.83. The zero-order valence-corrected chi connectivity index (χ0v) is 15.1. The van der Waals surface area contributed by atoms with Crippen LogP contribution >= 0.6 is 11.6 Å². The third kappa shape index (κ3) is 4.18. The highest BCUT2D eigenvalue weighted by Gasteiger charge is 2.19. The molecule has 1 N–H and O–H groups in total. The van der Waals surface area contributed by atoms with Crippen molar-refractivity contribution in [2.45, 2.75) is 13.1 Å². The number of benzene rings is 2. The maximum atomic E-state index is 11.5. The normalized spacial score (nSPS) is 10.4. The van der Waals surface area contributed by atoms with Gasteiger partial charge in [-0.05, 0) is 16.3 Å². The largest absolute Gasteiger partial charge is 0.371 e. The molecule has 0 spiro atoms. The van der Waals surface area contributed by atoms with Crippen molar-refractivity contribution < 1.29 is 0 Å². The van der Waals surface area contributed by atoms with Crippen molar-refractivity contribution in [1.82, 2.24) is 4.98 Å². The molecule has 0 fully saturated rings. The number of hydrogen-bond donors (Lipinski definition) is 1. The molecule has 0 saturated heterocycles. The molecule has 0 unspecified atom stereocenters. The first-order chi connectivity index (χ1) is 12.7. The molecule has 0 aliphatic carbocycles. The van der Waals surface area contributed by atoms with Gasteiger partial charge in [0.1, 0.15) is 5.15 Å². The molecular formula is C20H19ClN4O. The lowest BCUT2D eigenvalue weighted by Crippen LogP contribution is -2.22. The van der Waals surface area contributed by atoms with Gasteiger partial charge in [0.15, 0.2) is 11.5 Å². The Balaban J connectivity index is 2.05. The van der Waals surface area contributed by atoms with Gasteiger partial charge in [0.25, 0.3) is 0 Å². The van der Waals surface area contributed by atoms with Gasteiger partial charge in [0.2, 0.25) is 0 Å². The van der Waals surface area contributed by atoms with Crippen molar-refractivity contribution in [2.24, 2.45) is 5.18 Å². The number of pyridine rings is 1. The highest BCUT2D eigenvalue weighted by molar-refractivity contribution is 6.30. The van der Waals surface area contributed by atoms with E-state index in [-0.39, 0.29) is 5.69 Å². The lowest BCUT2D eigenvalue weighted by molar-refractivity contribution is 0.799. The third-order valence-corrected chi connectivity index (χ3v) is 4.24. The summed E-state index contributed by atoms with van der Waals surface area (Å²) in [5, 5.41) is 6.41. The Morgan fingerprint density at radius 2 is 1.54 bits per heavy atom. The summed E-state index contributed by atoms with van der Waals surface area (Å²) >= 11 is 6.19. The van der Waals surface area contributed by atoms with Crippen LogP contribution in [-0.2, 0) is 13.1 Å². The molecule has 1 heterocycles. The summed E-state index contributed by atoms with van der Waals surface area (Å²) in [5.41, 5.74) is 3.15. The fraction of sp³-hybridized carbons (Fsp3) is 0.150. The van der Waals surface area contributed by atoms with E-state index in [2.05, 4.69) is 20.4 Å². The van der Waals surface area contributed by atoms with E-state index in [0.29, 0.717) is 29.7 Å². The van der Waals surface area contributed by atoms with E-state index in [1.165, 1.54) is 0 Å². The fourth-order valence-corrected chi connectivity index (χ4v) is 3.02. The number of halogens is 1. The molecule has 3 rings (SSSR count). The van der Waals surface area contributed by atoms with Crippen molar-refractivity contribution in [2.75, 3.05) is 17.3 Å². The lowest BCUT2D eigenvalue weighted by atomic mass is 10.1. The van der Waals surface area contributed by atoms with E-state index < -0.39 is 0 Å². The number of nitroso groups, excluding NO2 is 1. The minimum absolute atomic E-state index is 0.253. The molecule has 0 radical (unpaired) electrons. The Morgan fingerprint density at radius 3 is 2.00 bits per heavy atom. The monoisotopic (exact) mass is 366 g/mol. The molecule has 0 saturated carbocycles. The van der Waals surface area contributed by atoms with Crippen LogP contribution in [0, 0.1) is 4.91 Å².